The molecule has 1 unspecified atom stereocenters. The lowest BCUT2D eigenvalue weighted by molar-refractivity contribution is -0.195. The van der Waals surface area contributed by atoms with Crippen molar-refractivity contribution in [1.82, 2.24) is 9.47 Å². The summed E-state index contributed by atoms with van der Waals surface area (Å²) in [5.41, 5.74) is 0.705. The van der Waals surface area contributed by atoms with Crippen LogP contribution in [0.4, 0.5) is 22.1 Å². The van der Waals surface area contributed by atoms with Gasteiger partial charge in [0.25, 0.3) is 11.8 Å². The van der Waals surface area contributed by atoms with Crippen molar-refractivity contribution in [3.05, 3.63) is 66.2 Å². The molecular formula is C37H43N5O12. The van der Waals surface area contributed by atoms with Crippen LogP contribution in [0.3, 0.4) is 0 Å². The maximum absolute atomic E-state index is 14.0. The van der Waals surface area contributed by atoms with Gasteiger partial charge in [0.05, 0.1) is 36.7 Å². The number of methoxy groups -OCH3 is 1. The number of aromatic nitrogens is 1. The molecule has 4 amide bonds. The number of fused-ring (bicyclic) bond motifs is 2. The highest BCUT2D eigenvalue weighted by molar-refractivity contribution is 6.06. The molecule has 3 aliphatic heterocycles. The van der Waals surface area contributed by atoms with Crippen LogP contribution < -0.4 is 25.0 Å². The second kappa shape index (κ2) is 16.9. The zero-order chi connectivity index (χ0) is 38.4. The molecule has 54 heavy (non-hydrogen) atoms. The quantitative estimate of drug-likeness (QED) is 0.148. The molecule has 0 saturated carbocycles. The summed E-state index contributed by atoms with van der Waals surface area (Å²) < 4.78 is 36.4. The number of carboxylic acid groups (broad SMARTS) is 1. The average molecular weight is 750 g/mol. The van der Waals surface area contributed by atoms with Gasteiger partial charge in [-0.3, -0.25) is 19.7 Å². The molecule has 0 spiro atoms. The van der Waals surface area contributed by atoms with Crippen LogP contribution in [0.15, 0.2) is 53.6 Å². The van der Waals surface area contributed by atoms with Crippen molar-refractivity contribution >= 4 is 47.0 Å². The number of hydrogen-bond acceptors (Lipinski definition) is 11. The summed E-state index contributed by atoms with van der Waals surface area (Å²) in [4.78, 5) is 67.5. The van der Waals surface area contributed by atoms with Gasteiger partial charge in [-0.05, 0) is 56.7 Å². The number of hydrogen-bond donors (Lipinski definition) is 3. The fourth-order valence-electron chi connectivity index (χ4n) is 6.70. The predicted molar refractivity (Wildman–Crippen MR) is 192 cm³/mol. The lowest BCUT2D eigenvalue weighted by atomic mass is 10.1. The first-order valence-electron chi connectivity index (χ1n) is 17.7. The Kier molecular flexibility index (Phi) is 11.9. The maximum Gasteiger partial charge on any atom is 0.416 e. The van der Waals surface area contributed by atoms with Gasteiger partial charge in [0.1, 0.15) is 12.3 Å². The molecule has 17 heteroatoms. The third kappa shape index (κ3) is 8.36. The van der Waals surface area contributed by atoms with Crippen LogP contribution in [-0.2, 0) is 26.1 Å². The van der Waals surface area contributed by atoms with Gasteiger partial charge in [-0.25, -0.2) is 14.5 Å². The number of carboxylic acids is 1. The first-order chi connectivity index (χ1) is 26.1. The number of rotatable bonds is 14. The minimum absolute atomic E-state index is 0.00727. The van der Waals surface area contributed by atoms with E-state index in [1.807, 2.05) is 0 Å². The van der Waals surface area contributed by atoms with Gasteiger partial charge >= 0.3 is 12.1 Å². The average Bonchev–Trinajstić information content (AvgIpc) is 3.91. The van der Waals surface area contributed by atoms with Crippen LogP contribution in [0.25, 0.3) is 0 Å². The van der Waals surface area contributed by atoms with E-state index >= 15 is 0 Å². The highest BCUT2D eigenvalue weighted by Crippen LogP contribution is 2.42. The summed E-state index contributed by atoms with van der Waals surface area (Å²) in [6, 6.07) is 6.75. The summed E-state index contributed by atoms with van der Waals surface area (Å²) in [5.74, 6) is -2.02. The molecule has 17 nitrogen and oxygen atoms in total. The minimum atomic E-state index is -1.14. The van der Waals surface area contributed by atoms with E-state index in [9.17, 15) is 29.1 Å². The van der Waals surface area contributed by atoms with Crippen molar-refractivity contribution in [3.8, 4) is 11.5 Å². The number of carbonyl (C=O) groups excluding carboxylic acids is 4. The summed E-state index contributed by atoms with van der Waals surface area (Å²) in [6.45, 7) is 4.67. The third-order valence-electron chi connectivity index (χ3n) is 9.25. The summed E-state index contributed by atoms with van der Waals surface area (Å²) in [7, 11) is 2.98. The Balaban J connectivity index is 1.13. The predicted octanol–water partition coefficient (Wildman–Crippen LogP) is 4.99. The van der Waals surface area contributed by atoms with E-state index in [-0.39, 0.29) is 77.7 Å². The molecule has 3 aliphatic rings. The van der Waals surface area contributed by atoms with Crippen molar-refractivity contribution in [1.29, 1.82) is 0 Å². The lowest BCUT2D eigenvalue weighted by Crippen LogP contribution is -2.54. The normalized spacial score (nSPS) is 19.3. The number of carbonyl (C=O) groups is 5. The Morgan fingerprint density at radius 1 is 1.07 bits per heavy atom. The zero-order valence-electron chi connectivity index (χ0n) is 30.0. The first-order valence-corrected chi connectivity index (χ1v) is 17.7. The monoisotopic (exact) mass is 749 g/mol. The number of nitrogens with zero attached hydrogens (tertiary/aromatic N) is 3. The molecule has 2 fully saturated rings. The molecule has 0 bridgehead atoms. The van der Waals surface area contributed by atoms with E-state index in [0.29, 0.717) is 26.0 Å². The molecule has 288 valence electrons. The number of benzene rings is 1. The highest BCUT2D eigenvalue weighted by atomic mass is 16.7. The molecule has 3 atom stereocenters. The zero-order valence-corrected chi connectivity index (χ0v) is 30.0. The molecule has 2 aromatic heterocycles. The number of anilines is 3. The largest absolute Gasteiger partial charge is 0.493 e. The lowest BCUT2D eigenvalue weighted by Gasteiger charge is -2.38. The maximum atomic E-state index is 14.0. The Hall–Kier alpha value is -5.81. The minimum Gasteiger partial charge on any atom is -0.493 e. The van der Waals surface area contributed by atoms with Crippen LogP contribution in [0.1, 0.15) is 76.3 Å². The van der Waals surface area contributed by atoms with Crippen LogP contribution >= 0.6 is 0 Å². The standard InChI is InChI=1S/C37H43N5O12/c1-4-15-52-37(48)42-25-20-29(28(49-3)19-23(25)34(45)41-14-7-9-24(41)35(42)54-32-11-5-6-16-51-32)50-17-8-10-30(43)39-31-13-12-27(53-31)33(44)38-22-18-26(36(46)47)40(2)21-22/h4,12-13,18-21,24,32,35H,1,5-11,14-17H2,2-3H3,(H,38,44)(H,39,43)(H,46,47)/t24-,32?,35-/m0/s1. The molecular weight excluding hydrogens is 706 g/mol. The number of aromatic carboxylic acids is 1. The van der Waals surface area contributed by atoms with Gasteiger partial charge in [0.15, 0.2) is 35.7 Å². The molecule has 5 heterocycles. The first kappa shape index (κ1) is 37.9. The van der Waals surface area contributed by atoms with Crippen LogP contribution in [0, 0.1) is 0 Å². The molecule has 3 N–H and O–H groups in total. The van der Waals surface area contributed by atoms with Gasteiger partial charge in [-0.1, -0.05) is 12.7 Å². The molecule has 2 saturated heterocycles. The van der Waals surface area contributed by atoms with Gasteiger partial charge < -0.3 is 48.0 Å². The summed E-state index contributed by atoms with van der Waals surface area (Å²) in [5, 5.41) is 14.4. The Labute approximate surface area is 310 Å². The SMILES string of the molecule is C=CCOC(=O)N1c2cc(OCCCC(=O)Nc3ccc(C(=O)Nc4cc(C(=O)O)n(C)c4)o3)c(OC)cc2C(=O)N2CCC[C@H]2[C@@H]1OC1CCCCO1. The Morgan fingerprint density at radius 3 is 2.63 bits per heavy atom. The van der Waals surface area contributed by atoms with E-state index in [4.69, 9.17) is 28.1 Å². The van der Waals surface area contributed by atoms with E-state index in [2.05, 4.69) is 17.2 Å². The van der Waals surface area contributed by atoms with E-state index < -0.39 is 42.4 Å². The number of nitrogens with one attached hydrogen (secondary N) is 2. The third-order valence-corrected chi connectivity index (χ3v) is 9.25. The smallest absolute Gasteiger partial charge is 0.416 e. The van der Waals surface area contributed by atoms with Crippen molar-refractivity contribution in [2.45, 2.75) is 63.5 Å². The van der Waals surface area contributed by atoms with Crippen LogP contribution in [-0.4, -0.2) is 96.4 Å². The number of aryl methyl sites for hydroxylation is 1. The van der Waals surface area contributed by atoms with Crippen molar-refractivity contribution in [2.75, 3.05) is 49.0 Å². The number of furan rings is 1. The highest BCUT2D eigenvalue weighted by Gasteiger charge is 2.47. The second-order valence-electron chi connectivity index (χ2n) is 12.9. The Morgan fingerprint density at radius 2 is 1.91 bits per heavy atom. The van der Waals surface area contributed by atoms with Crippen molar-refractivity contribution in [3.63, 3.8) is 0 Å². The fourth-order valence-corrected chi connectivity index (χ4v) is 6.70. The van der Waals surface area contributed by atoms with Gasteiger partial charge in [-0.15, -0.1) is 0 Å². The summed E-state index contributed by atoms with van der Waals surface area (Å²) >= 11 is 0. The van der Waals surface area contributed by atoms with Gasteiger partial charge in [0.2, 0.25) is 5.91 Å². The molecule has 3 aromatic rings. The molecule has 0 aliphatic carbocycles. The summed E-state index contributed by atoms with van der Waals surface area (Å²) in [6.07, 6.45) is 4.79. The second-order valence-corrected chi connectivity index (χ2v) is 12.9. The molecule has 0 radical (unpaired) electrons. The molecule has 1 aromatic carbocycles. The van der Waals surface area contributed by atoms with Crippen molar-refractivity contribution in [2.24, 2.45) is 7.05 Å². The van der Waals surface area contributed by atoms with E-state index in [0.717, 1.165) is 19.3 Å². The Bertz CT molecular complexity index is 1900. The van der Waals surface area contributed by atoms with E-state index in [1.165, 1.54) is 60.2 Å². The van der Waals surface area contributed by atoms with Crippen LogP contribution in [0.2, 0.25) is 0 Å². The van der Waals surface area contributed by atoms with Crippen molar-refractivity contribution < 1.29 is 57.2 Å². The van der Waals surface area contributed by atoms with Gasteiger partial charge in [0, 0.05) is 44.9 Å². The van der Waals surface area contributed by atoms with E-state index in [1.54, 1.807) is 11.0 Å². The van der Waals surface area contributed by atoms with Gasteiger partial charge in [-0.2, -0.15) is 0 Å². The fraction of sp³-hybridized carbons (Fsp3) is 0.432. The van der Waals surface area contributed by atoms with Crippen LogP contribution in [0.5, 0.6) is 11.5 Å². The number of ether oxygens (including phenoxy) is 5. The topological polar surface area (TPSA) is 200 Å². The number of amides is 4. The molecule has 6 rings (SSSR count).